The Morgan fingerprint density at radius 2 is 1.65 bits per heavy atom. The number of halogens is 3. The third-order valence-corrected chi connectivity index (χ3v) is 6.39. The number of anilines is 1. The van der Waals surface area contributed by atoms with E-state index < -0.39 is 0 Å². The van der Waals surface area contributed by atoms with Crippen LogP contribution in [-0.2, 0) is 6.54 Å². The first-order valence-electron chi connectivity index (χ1n) is 7.93. The van der Waals surface area contributed by atoms with Crippen LogP contribution in [0.4, 0.5) is 5.13 Å². The van der Waals surface area contributed by atoms with Gasteiger partial charge in [0.2, 0.25) is 5.78 Å². The first kappa shape index (κ1) is 19.7. The lowest BCUT2D eigenvalue weighted by Crippen LogP contribution is -3.00. The van der Waals surface area contributed by atoms with E-state index in [1.807, 2.05) is 24.3 Å². The van der Waals surface area contributed by atoms with Gasteiger partial charge in [0, 0.05) is 25.5 Å². The number of hydrogen-bond donors (Lipinski definition) is 0. The van der Waals surface area contributed by atoms with Crippen molar-refractivity contribution in [2.45, 2.75) is 6.54 Å². The predicted octanol–water partition coefficient (Wildman–Crippen LogP) is 1.93. The van der Waals surface area contributed by atoms with Gasteiger partial charge in [0.25, 0.3) is 0 Å². The van der Waals surface area contributed by atoms with E-state index in [1.54, 1.807) is 11.3 Å². The van der Waals surface area contributed by atoms with E-state index in [4.69, 9.17) is 0 Å². The topological polar surface area (TPSA) is 24.2 Å². The molecule has 2 aromatic carbocycles. The Hall–Kier alpha value is -1.02. The third kappa shape index (κ3) is 3.96. The van der Waals surface area contributed by atoms with Crippen LogP contribution in [0.25, 0.3) is 11.3 Å². The SMILES string of the molecule is O=C(CN1CC[n+]2c(-c3ccc(Br)cc3)csc21)c1ccc(Br)cc1.[Br-]. The number of carbonyl (C=O) groups is 1. The van der Waals surface area contributed by atoms with Gasteiger partial charge in [-0.05, 0) is 36.4 Å². The average molecular weight is 559 g/mol. The molecule has 0 aliphatic carbocycles. The molecule has 0 bridgehead atoms. The number of hydrogen-bond acceptors (Lipinski definition) is 3. The molecule has 1 aromatic heterocycles. The van der Waals surface area contributed by atoms with Gasteiger partial charge in [-0.3, -0.25) is 4.79 Å². The summed E-state index contributed by atoms with van der Waals surface area (Å²) in [6, 6.07) is 15.9. The highest BCUT2D eigenvalue weighted by Crippen LogP contribution is 2.29. The summed E-state index contributed by atoms with van der Waals surface area (Å²) < 4.78 is 4.37. The van der Waals surface area contributed by atoms with Crippen LogP contribution in [0.15, 0.2) is 62.9 Å². The highest BCUT2D eigenvalue weighted by molar-refractivity contribution is 9.10. The summed E-state index contributed by atoms with van der Waals surface area (Å²) in [5, 5.41) is 3.33. The fourth-order valence-corrected chi connectivity index (χ4v) is 4.64. The first-order chi connectivity index (χ1) is 12.1. The van der Waals surface area contributed by atoms with Gasteiger partial charge in [0.05, 0.1) is 0 Å². The molecule has 0 amide bonds. The maximum atomic E-state index is 12.6. The van der Waals surface area contributed by atoms with Crippen molar-refractivity contribution in [1.29, 1.82) is 0 Å². The molecule has 0 radical (unpaired) electrons. The summed E-state index contributed by atoms with van der Waals surface area (Å²) in [6.07, 6.45) is 0. The normalized spacial score (nSPS) is 12.6. The molecule has 0 saturated carbocycles. The van der Waals surface area contributed by atoms with Crippen molar-refractivity contribution in [3.63, 3.8) is 0 Å². The van der Waals surface area contributed by atoms with E-state index in [2.05, 4.69) is 71.0 Å². The van der Waals surface area contributed by atoms with E-state index >= 15 is 0 Å². The van der Waals surface area contributed by atoms with Gasteiger partial charge in [0.1, 0.15) is 25.3 Å². The Labute approximate surface area is 183 Å². The van der Waals surface area contributed by atoms with Crippen molar-refractivity contribution >= 4 is 54.1 Å². The Morgan fingerprint density at radius 3 is 2.31 bits per heavy atom. The van der Waals surface area contributed by atoms with Gasteiger partial charge in [-0.15, -0.1) is 0 Å². The molecule has 2 heterocycles. The Morgan fingerprint density at radius 1 is 1.04 bits per heavy atom. The minimum Gasteiger partial charge on any atom is -1.00 e. The molecule has 0 spiro atoms. The summed E-state index contributed by atoms with van der Waals surface area (Å²) >= 11 is 8.59. The number of nitrogens with zero attached hydrogens (tertiary/aromatic N) is 2. The lowest BCUT2D eigenvalue weighted by atomic mass is 10.1. The van der Waals surface area contributed by atoms with Gasteiger partial charge in [-0.2, -0.15) is 0 Å². The van der Waals surface area contributed by atoms with Crippen LogP contribution in [0, 0.1) is 0 Å². The van der Waals surface area contributed by atoms with Crippen molar-refractivity contribution in [2.75, 3.05) is 18.0 Å². The van der Waals surface area contributed by atoms with Crippen LogP contribution >= 0.6 is 43.2 Å². The second-order valence-corrected chi connectivity index (χ2v) is 8.58. The van der Waals surface area contributed by atoms with Crippen molar-refractivity contribution in [3.05, 3.63) is 68.4 Å². The van der Waals surface area contributed by atoms with Crippen molar-refractivity contribution < 1.29 is 26.3 Å². The first-order valence-corrected chi connectivity index (χ1v) is 10.4. The van der Waals surface area contributed by atoms with Gasteiger partial charge in [-0.25, -0.2) is 9.47 Å². The highest BCUT2D eigenvalue weighted by atomic mass is 79.9. The van der Waals surface area contributed by atoms with Gasteiger partial charge in [0.15, 0.2) is 0 Å². The van der Waals surface area contributed by atoms with Crippen molar-refractivity contribution in [1.82, 2.24) is 0 Å². The molecule has 3 nitrogen and oxygen atoms in total. The van der Waals surface area contributed by atoms with Crippen LogP contribution in [0.3, 0.4) is 0 Å². The fourth-order valence-electron chi connectivity index (χ4n) is 3.01. The number of carbonyl (C=O) groups excluding carboxylic acids is 1. The smallest absolute Gasteiger partial charge is 0.337 e. The van der Waals surface area contributed by atoms with Crippen LogP contribution in [-0.4, -0.2) is 18.9 Å². The Balaban J connectivity index is 0.00000196. The summed E-state index contributed by atoms with van der Waals surface area (Å²) in [7, 11) is 0. The Bertz CT molecular complexity index is 923. The maximum absolute atomic E-state index is 12.6. The molecule has 0 saturated heterocycles. The second-order valence-electron chi connectivity index (χ2n) is 5.91. The number of Topliss-reactive ketones (excluding diaryl/α,β-unsaturated/α-hetero) is 1. The van der Waals surface area contributed by atoms with E-state index in [0.717, 1.165) is 32.7 Å². The van der Waals surface area contributed by atoms with E-state index in [1.165, 1.54) is 11.3 Å². The molecule has 3 aromatic rings. The van der Waals surface area contributed by atoms with Gasteiger partial charge in [-0.1, -0.05) is 55.3 Å². The minimum absolute atomic E-state index is 0. The standard InChI is InChI=1S/C19H15Br2N2OS.BrH/c20-15-5-1-13(2-6-15)17-12-25-19-22(9-10-23(17)19)11-18(24)14-3-7-16(21)8-4-14;/h1-8,12H,9-11H2;1H/q+1;/p-1. The summed E-state index contributed by atoms with van der Waals surface area (Å²) in [4.78, 5) is 14.7. The molecule has 1 aliphatic rings. The molecule has 0 unspecified atom stereocenters. The molecular weight excluding hydrogens is 544 g/mol. The van der Waals surface area contributed by atoms with E-state index in [9.17, 15) is 4.79 Å². The summed E-state index contributed by atoms with van der Waals surface area (Å²) in [5.41, 5.74) is 3.17. The number of rotatable bonds is 4. The lowest BCUT2D eigenvalue weighted by Gasteiger charge is -2.07. The number of ketones is 1. The lowest BCUT2D eigenvalue weighted by molar-refractivity contribution is -0.656. The van der Waals surface area contributed by atoms with Crippen LogP contribution in [0.1, 0.15) is 10.4 Å². The maximum Gasteiger partial charge on any atom is 0.337 e. The zero-order valence-corrected chi connectivity index (χ0v) is 19.2. The van der Waals surface area contributed by atoms with Crippen molar-refractivity contribution in [2.24, 2.45) is 0 Å². The zero-order chi connectivity index (χ0) is 17.4. The van der Waals surface area contributed by atoms with Crippen molar-refractivity contribution in [3.8, 4) is 11.3 Å². The number of benzene rings is 2. The predicted molar refractivity (Wildman–Crippen MR) is 108 cm³/mol. The number of fused-ring (bicyclic) bond motifs is 1. The van der Waals surface area contributed by atoms with E-state index in [-0.39, 0.29) is 22.8 Å². The van der Waals surface area contributed by atoms with Gasteiger partial charge >= 0.3 is 5.13 Å². The zero-order valence-electron chi connectivity index (χ0n) is 13.7. The fraction of sp³-hybridized carbons (Fsp3) is 0.158. The third-order valence-electron chi connectivity index (χ3n) is 4.30. The second kappa shape index (κ2) is 8.33. The molecule has 134 valence electrons. The molecule has 4 rings (SSSR count). The molecular formula is C19H15Br3N2OS. The largest absolute Gasteiger partial charge is 1.00 e. The molecule has 7 heteroatoms. The van der Waals surface area contributed by atoms with E-state index in [0.29, 0.717) is 6.54 Å². The summed E-state index contributed by atoms with van der Waals surface area (Å²) in [6.45, 7) is 2.21. The number of thiazole rings is 1. The van der Waals surface area contributed by atoms with Crippen LogP contribution in [0.5, 0.6) is 0 Å². The molecule has 0 fully saturated rings. The quantitative estimate of drug-likeness (QED) is 0.361. The van der Waals surface area contributed by atoms with Crippen LogP contribution < -0.4 is 26.4 Å². The summed E-state index contributed by atoms with van der Waals surface area (Å²) in [5.74, 6) is 0.152. The monoisotopic (exact) mass is 556 g/mol. The minimum atomic E-state index is 0. The molecule has 26 heavy (non-hydrogen) atoms. The van der Waals surface area contributed by atoms with Gasteiger partial charge < -0.3 is 17.0 Å². The highest BCUT2D eigenvalue weighted by Gasteiger charge is 2.33. The van der Waals surface area contributed by atoms with Crippen LogP contribution in [0.2, 0.25) is 0 Å². The molecule has 0 atom stereocenters. The number of aromatic nitrogens is 1. The Kier molecular flexibility index (Phi) is 6.33. The molecule has 0 N–H and O–H groups in total. The molecule has 1 aliphatic heterocycles. The average Bonchev–Trinajstić information content (AvgIpc) is 3.19.